The SMILES string of the molecule is Nc1cccc2c1CN(C1CCCCC1)CC2. The Morgan fingerprint density at radius 3 is 2.76 bits per heavy atom. The average molecular weight is 230 g/mol. The molecule has 1 saturated carbocycles. The second-order valence-corrected chi connectivity index (χ2v) is 5.50. The van der Waals surface area contributed by atoms with Crippen LogP contribution in [0.3, 0.4) is 0 Å². The molecule has 0 spiro atoms. The zero-order chi connectivity index (χ0) is 11.7. The fourth-order valence-corrected chi connectivity index (χ4v) is 3.39. The van der Waals surface area contributed by atoms with Gasteiger partial charge in [0.05, 0.1) is 0 Å². The number of nitrogens with zero attached hydrogens (tertiary/aromatic N) is 1. The first-order valence-corrected chi connectivity index (χ1v) is 6.95. The standard InChI is InChI=1S/C15H22N2/c16-15-8-4-5-12-9-10-17(11-14(12)15)13-6-2-1-3-7-13/h4-5,8,13H,1-3,6-7,9-11,16H2. The molecule has 92 valence electrons. The van der Waals surface area contributed by atoms with E-state index in [9.17, 15) is 0 Å². The number of nitrogens with two attached hydrogens (primary N) is 1. The summed E-state index contributed by atoms with van der Waals surface area (Å²) in [5.41, 5.74) is 9.96. The molecular formula is C15H22N2. The average Bonchev–Trinajstić information content (AvgIpc) is 2.40. The Morgan fingerprint density at radius 1 is 1.12 bits per heavy atom. The maximum atomic E-state index is 6.11. The zero-order valence-electron chi connectivity index (χ0n) is 10.5. The van der Waals surface area contributed by atoms with Crippen LogP contribution in [0.2, 0.25) is 0 Å². The first-order valence-electron chi connectivity index (χ1n) is 6.95. The van der Waals surface area contributed by atoms with Crippen molar-refractivity contribution in [2.75, 3.05) is 12.3 Å². The highest BCUT2D eigenvalue weighted by Crippen LogP contribution is 2.30. The van der Waals surface area contributed by atoms with Crippen LogP contribution in [-0.4, -0.2) is 17.5 Å². The minimum Gasteiger partial charge on any atom is -0.398 e. The van der Waals surface area contributed by atoms with Gasteiger partial charge in [-0.1, -0.05) is 31.4 Å². The molecule has 1 aliphatic carbocycles. The van der Waals surface area contributed by atoms with E-state index in [1.54, 1.807) is 0 Å². The Bertz CT molecular complexity index is 394. The maximum absolute atomic E-state index is 6.11. The van der Waals surface area contributed by atoms with Gasteiger partial charge >= 0.3 is 0 Å². The van der Waals surface area contributed by atoms with Gasteiger partial charge in [-0.3, -0.25) is 4.90 Å². The lowest BCUT2D eigenvalue weighted by atomic mass is 9.91. The first-order chi connectivity index (χ1) is 8.34. The summed E-state index contributed by atoms with van der Waals surface area (Å²) in [5.74, 6) is 0. The molecule has 0 aromatic heterocycles. The van der Waals surface area contributed by atoms with Crippen molar-refractivity contribution in [2.24, 2.45) is 0 Å². The van der Waals surface area contributed by atoms with Gasteiger partial charge in [0, 0.05) is 24.8 Å². The summed E-state index contributed by atoms with van der Waals surface area (Å²) in [4.78, 5) is 2.66. The van der Waals surface area contributed by atoms with E-state index in [0.717, 1.165) is 18.3 Å². The Hall–Kier alpha value is -1.02. The smallest absolute Gasteiger partial charge is 0.0362 e. The minimum absolute atomic E-state index is 0.816. The molecule has 1 fully saturated rings. The van der Waals surface area contributed by atoms with Gasteiger partial charge in [-0.2, -0.15) is 0 Å². The van der Waals surface area contributed by atoms with Crippen LogP contribution in [0.5, 0.6) is 0 Å². The van der Waals surface area contributed by atoms with E-state index in [0.29, 0.717) is 0 Å². The number of fused-ring (bicyclic) bond motifs is 1. The lowest BCUT2D eigenvalue weighted by molar-refractivity contribution is 0.141. The lowest BCUT2D eigenvalue weighted by Crippen LogP contribution is -2.40. The fraction of sp³-hybridized carbons (Fsp3) is 0.600. The number of hydrogen-bond donors (Lipinski definition) is 1. The molecule has 2 N–H and O–H groups in total. The van der Waals surface area contributed by atoms with Crippen LogP contribution < -0.4 is 5.73 Å². The molecule has 0 bridgehead atoms. The van der Waals surface area contributed by atoms with E-state index in [4.69, 9.17) is 5.73 Å². The predicted molar refractivity (Wildman–Crippen MR) is 71.8 cm³/mol. The Kier molecular flexibility index (Phi) is 3.06. The van der Waals surface area contributed by atoms with Crippen LogP contribution in [0.1, 0.15) is 43.2 Å². The van der Waals surface area contributed by atoms with Crippen LogP contribution in [-0.2, 0) is 13.0 Å². The van der Waals surface area contributed by atoms with E-state index >= 15 is 0 Å². The molecule has 3 rings (SSSR count). The summed E-state index contributed by atoms with van der Waals surface area (Å²) in [7, 11) is 0. The van der Waals surface area contributed by atoms with Gasteiger partial charge in [0.2, 0.25) is 0 Å². The molecule has 1 aliphatic heterocycles. The number of anilines is 1. The van der Waals surface area contributed by atoms with Crippen molar-refractivity contribution >= 4 is 5.69 Å². The summed E-state index contributed by atoms with van der Waals surface area (Å²) in [5, 5.41) is 0. The third kappa shape index (κ3) is 2.19. The second kappa shape index (κ2) is 4.69. The highest BCUT2D eigenvalue weighted by atomic mass is 15.2. The molecule has 2 heteroatoms. The van der Waals surface area contributed by atoms with E-state index < -0.39 is 0 Å². The van der Waals surface area contributed by atoms with Crippen molar-refractivity contribution in [3.8, 4) is 0 Å². The summed E-state index contributed by atoms with van der Waals surface area (Å²) in [6, 6.07) is 7.19. The molecule has 1 heterocycles. The van der Waals surface area contributed by atoms with Crippen LogP contribution in [0.4, 0.5) is 5.69 Å². The fourth-order valence-electron chi connectivity index (χ4n) is 3.39. The lowest BCUT2D eigenvalue weighted by Gasteiger charge is -2.38. The normalized spacial score (nSPS) is 22.4. The molecule has 17 heavy (non-hydrogen) atoms. The quantitative estimate of drug-likeness (QED) is 0.752. The number of rotatable bonds is 1. The summed E-state index contributed by atoms with van der Waals surface area (Å²) in [6.45, 7) is 2.30. The zero-order valence-corrected chi connectivity index (χ0v) is 10.5. The molecule has 0 unspecified atom stereocenters. The van der Waals surface area contributed by atoms with Crippen LogP contribution in [0.25, 0.3) is 0 Å². The number of nitrogen functional groups attached to an aromatic ring is 1. The monoisotopic (exact) mass is 230 g/mol. The second-order valence-electron chi connectivity index (χ2n) is 5.50. The number of benzene rings is 1. The Morgan fingerprint density at radius 2 is 1.94 bits per heavy atom. The van der Waals surface area contributed by atoms with E-state index in [2.05, 4.69) is 17.0 Å². The van der Waals surface area contributed by atoms with Gasteiger partial charge in [-0.05, 0) is 36.5 Å². The van der Waals surface area contributed by atoms with Crippen molar-refractivity contribution in [3.63, 3.8) is 0 Å². The molecular weight excluding hydrogens is 208 g/mol. The highest BCUT2D eigenvalue weighted by Gasteiger charge is 2.25. The van der Waals surface area contributed by atoms with Crippen LogP contribution >= 0.6 is 0 Å². The molecule has 2 nitrogen and oxygen atoms in total. The van der Waals surface area contributed by atoms with Crippen molar-refractivity contribution in [2.45, 2.75) is 51.1 Å². The largest absolute Gasteiger partial charge is 0.398 e. The summed E-state index contributed by atoms with van der Waals surface area (Å²) in [6.07, 6.45) is 8.22. The highest BCUT2D eigenvalue weighted by molar-refractivity contribution is 5.51. The first kappa shape index (κ1) is 11.1. The van der Waals surface area contributed by atoms with Gasteiger partial charge in [0.25, 0.3) is 0 Å². The van der Waals surface area contributed by atoms with Crippen LogP contribution in [0.15, 0.2) is 18.2 Å². The molecule has 1 aromatic carbocycles. The Balaban J connectivity index is 1.77. The molecule has 0 radical (unpaired) electrons. The van der Waals surface area contributed by atoms with Crippen molar-refractivity contribution < 1.29 is 0 Å². The molecule has 0 atom stereocenters. The van der Waals surface area contributed by atoms with E-state index in [-0.39, 0.29) is 0 Å². The minimum atomic E-state index is 0.816. The third-order valence-electron chi connectivity index (χ3n) is 4.43. The predicted octanol–water partition coefficient (Wildman–Crippen LogP) is 2.96. The van der Waals surface area contributed by atoms with Crippen molar-refractivity contribution in [1.82, 2.24) is 4.90 Å². The molecule has 1 aromatic rings. The van der Waals surface area contributed by atoms with Crippen LogP contribution in [0, 0.1) is 0 Å². The van der Waals surface area contributed by atoms with Gasteiger partial charge in [-0.15, -0.1) is 0 Å². The number of hydrogen-bond acceptors (Lipinski definition) is 2. The maximum Gasteiger partial charge on any atom is 0.0362 e. The van der Waals surface area contributed by atoms with Crippen molar-refractivity contribution in [3.05, 3.63) is 29.3 Å². The topological polar surface area (TPSA) is 29.3 Å². The van der Waals surface area contributed by atoms with E-state index in [1.807, 2.05) is 6.07 Å². The van der Waals surface area contributed by atoms with E-state index in [1.165, 1.54) is 56.2 Å². The van der Waals surface area contributed by atoms with Gasteiger partial charge in [-0.25, -0.2) is 0 Å². The molecule has 0 saturated heterocycles. The summed E-state index contributed by atoms with van der Waals surface area (Å²) < 4.78 is 0. The molecule has 0 amide bonds. The summed E-state index contributed by atoms with van der Waals surface area (Å²) >= 11 is 0. The van der Waals surface area contributed by atoms with Gasteiger partial charge in [0.15, 0.2) is 0 Å². The van der Waals surface area contributed by atoms with Gasteiger partial charge in [0.1, 0.15) is 0 Å². The van der Waals surface area contributed by atoms with Gasteiger partial charge < -0.3 is 5.73 Å². The Labute approximate surface area is 104 Å². The van der Waals surface area contributed by atoms with Crippen molar-refractivity contribution in [1.29, 1.82) is 0 Å². The molecule has 2 aliphatic rings. The third-order valence-corrected chi connectivity index (χ3v) is 4.43.